The maximum absolute atomic E-state index is 13.3. The quantitative estimate of drug-likeness (QED) is 0.465. The molecule has 0 radical (unpaired) electrons. The summed E-state index contributed by atoms with van der Waals surface area (Å²) in [5, 5.41) is 3.97. The molecular weight excluding hydrogens is 416 g/mol. The second-order valence-corrected chi connectivity index (χ2v) is 8.68. The van der Waals surface area contributed by atoms with Crippen molar-refractivity contribution in [3.8, 4) is 11.5 Å². The average molecular weight is 442 g/mol. The van der Waals surface area contributed by atoms with E-state index in [-0.39, 0.29) is 48.0 Å². The van der Waals surface area contributed by atoms with Gasteiger partial charge in [-0.15, -0.1) is 0 Å². The SMILES string of the molecule is CCOC(=O)C1=NO[C@@H]2[C@H]3C[C@@H]([C@H]12)[C@@H]1C(=O)N(CCc2ccc(OC)c(OC)c2)C(=O)[C@H]31. The van der Waals surface area contributed by atoms with Gasteiger partial charge in [0, 0.05) is 12.5 Å². The lowest BCUT2D eigenvalue weighted by Gasteiger charge is -2.29. The van der Waals surface area contributed by atoms with Gasteiger partial charge in [-0.25, -0.2) is 4.79 Å². The van der Waals surface area contributed by atoms with Crippen LogP contribution in [0, 0.1) is 29.6 Å². The largest absolute Gasteiger partial charge is 0.493 e. The highest BCUT2D eigenvalue weighted by atomic mass is 16.6. The predicted octanol–water partition coefficient (Wildman–Crippen LogP) is 1.43. The van der Waals surface area contributed by atoms with Gasteiger partial charge in [-0.2, -0.15) is 0 Å². The number of amides is 2. The van der Waals surface area contributed by atoms with Crippen molar-refractivity contribution in [1.29, 1.82) is 0 Å². The lowest BCUT2D eigenvalue weighted by molar-refractivity contribution is -0.141. The van der Waals surface area contributed by atoms with Crippen LogP contribution in [0.25, 0.3) is 0 Å². The Morgan fingerprint density at radius 3 is 2.50 bits per heavy atom. The number of fused-ring (bicyclic) bond motifs is 8. The zero-order chi connectivity index (χ0) is 22.6. The molecule has 2 bridgehead atoms. The minimum Gasteiger partial charge on any atom is -0.493 e. The number of esters is 1. The van der Waals surface area contributed by atoms with Crippen LogP contribution in [-0.4, -0.2) is 61.9 Å². The Labute approximate surface area is 185 Å². The smallest absolute Gasteiger partial charge is 0.356 e. The standard InChI is InChI=1S/C23H26N2O7/c1-4-31-23(28)19-18-12-10-13(20(18)32-24-19)17-16(12)21(26)25(22(17)27)8-7-11-5-6-14(29-2)15(9-11)30-3/h5-6,9,12-13,16-18,20H,4,7-8,10H2,1-3H3/t12-,13+,16+,17-,18-,20-/m1/s1. The molecule has 1 saturated heterocycles. The van der Waals surface area contributed by atoms with E-state index in [1.165, 1.54) is 4.90 Å². The van der Waals surface area contributed by atoms with Crippen LogP contribution in [0.2, 0.25) is 0 Å². The zero-order valence-electron chi connectivity index (χ0n) is 18.3. The molecule has 5 rings (SSSR count). The Morgan fingerprint density at radius 1 is 1.09 bits per heavy atom. The minimum absolute atomic E-state index is 0.104. The highest BCUT2D eigenvalue weighted by Crippen LogP contribution is 2.61. The summed E-state index contributed by atoms with van der Waals surface area (Å²) in [6.07, 6.45) is 0.887. The highest BCUT2D eigenvalue weighted by molar-refractivity contribution is 6.38. The van der Waals surface area contributed by atoms with E-state index < -0.39 is 17.8 Å². The number of methoxy groups -OCH3 is 2. The first-order chi connectivity index (χ1) is 15.5. The molecule has 9 heteroatoms. The van der Waals surface area contributed by atoms with Crippen molar-refractivity contribution in [3.63, 3.8) is 0 Å². The van der Waals surface area contributed by atoms with Crippen LogP contribution in [0.4, 0.5) is 0 Å². The van der Waals surface area contributed by atoms with Crippen molar-refractivity contribution in [2.24, 2.45) is 34.7 Å². The first-order valence-corrected chi connectivity index (χ1v) is 11.0. The van der Waals surface area contributed by atoms with Crippen LogP contribution < -0.4 is 9.47 Å². The van der Waals surface area contributed by atoms with E-state index in [1.54, 1.807) is 21.1 Å². The average Bonchev–Trinajstić information content (AvgIpc) is 3.53. The van der Waals surface area contributed by atoms with Gasteiger partial charge in [0.2, 0.25) is 11.8 Å². The van der Waals surface area contributed by atoms with E-state index >= 15 is 0 Å². The van der Waals surface area contributed by atoms with Gasteiger partial charge in [-0.3, -0.25) is 14.5 Å². The number of imide groups is 1. The van der Waals surface area contributed by atoms with Crippen LogP contribution in [0.15, 0.2) is 23.4 Å². The molecule has 4 aliphatic rings. The molecule has 6 atom stereocenters. The summed E-state index contributed by atoms with van der Waals surface area (Å²) < 4.78 is 15.7. The van der Waals surface area contributed by atoms with Crippen LogP contribution in [0.3, 0.4) is 0 Å². The Bertz CT molecular complexity index is 1010. The predicted molar refractivity (Wildman–Crippen MR) is 111 cm³/mol. The van der Waals surface area contributed by atoms with Crippen molar-refractivity contribution in [3.05, 3.63) is 23.8 Å². The van der Waals surface area contributed by atoms with Crippen molar-refractivity contribution in [2.75, 3.05) is 27.4 Å². The number of rotatable bonds is 7. The van der Waals surface area contributed by atoms with E-state index in [4.69, 9.17) is 19.0 Å². The number of nitrogens with zero attached hydrogens (tertiary/aromatic N) is 2. The third-order valence-corrected chi connectivity index (χ3v) is 7.34. The molecule has 1 aromatic rings. The normalized spacial score (nSPS) is 31.8. The lowest BCUT2D eigenvalue weighted by atomic mass is 9.72. The fraction of sp³-hybridized carbons (Fsp3) is 0.565. The molecule has 0 N–H and O–H groups in total. The molecule has 0 aromatic heterocycles. The van der Waals surface area contributed by atoms with Crippen LogP contribution in [0.1, 0.15) is 18.9 Å². The number of likely N-dealkylation sites (tertiary alicyclic amines) is 1. The molecule has 1 aromatic carbocycles. The van der Waals surface area contributed by atoms with Gasteiger partial charge in [-0.1, -0.05) is 11.2 Å². The summed E-state index contributed by atoms with van der Waals surface area (Å²) in [5.74, 6) is -0.862. The van der Waals surface area contributed by atoms with Gasteiger partial charge in [-0.05, 0) is 43.4 Å². The van der Waals surface area contributed by atoms with Crippen LogP contribution in [0.5, 0.6) is 11.5 Å². The van der Waals surface area contributed by atoms with Crippen LogP contribution >= 0.6 is 0 Å². The van der Waals surface area contributed by atoms with Gasteiger partial charge in [0.1, 0.15) is 6.10 Å². The fourth-order valence-corrected chi connectivity index (χ4v) is 6.06. The van der Waals surface area contributed by atoms with Gasteiger partial charge < -0.3 is 19.0 Å². The summed E-state index contributed by atoms with van der Waals surface area (Å²) in [4.78, 5) is 45.8. The van der Waals surface area contributed by atoms with Crippen molar-refractivity contribution in [2.45, 2.75) is 25.9 Å². The fourth-order valence-electron chi connectivity index (χ4n) is 6.06. The molecule has 2 aliphatic carbocycles. The molecule has 32 heavy (non-hydrogen) atoms. The summed E-state index contributed by atoms with van der Waals surface area (Å²) in [5.41, 5.74) is 1.20. The van der Waals surface area contributed by atoms with Gasteiger partial charge in [0.15, 0.2) is 17.2 Å². The monoisotopic (exact) mass is 442 g/mol. The van der Waals surface area contributed by atoms with E-state index in [0.717, 1.165) is 5.56 Å². The van der Waals surface area contributed by atoms with Gasteiger partial charge >= 0.3 is 5.97 Å². The number of hydrogen-bond donors (Lipinski definition) is 0. The first kappa shape index (κ1) is 20.8. The number of hydrogen-bond acceptors (Lipinski definition) is 8. The number of carbonyl (C=O) groups is 3. The first-order valence-electron chi connectivity index (χ1n) is 11.0. The van der Waals surface area contributed by atoms with Crippen molar-refractivity contribution < 1.29 is 33.4 Å². The molecule has 0 unspecified atom stereocenters. The molecule has 2 heterocycles. The maximum atomic E-state index is 13.3. The Morgan fingerprint density at radius 2 is 1.81 bits per heavy atom. The van der Waals surface area contributed by atoms with E-state index in [1.807, 2.05) is 18.2 Å². The number of carbonyl (C=O) groups excluding carboxylic acids is 3. The molecule has 170 valence electrons. The molecule has 9 nitrogen and oxygen atoms in total. The third kappa shape index (κ3) is 2.90. The minimum atomic E-state index is -0.494. The molecule has 0 spiro atoms. The third-order valence-electron chi connectivity index (χ3n) is 7.34. The summed E-state index contributed by atoms with van der Waals surface area (Å²) in [7, 11) is 3.14. The number of benzene rings is 1. The summed E-state index contributed by atoms with van der Waals surface area (Å²) in [6.45, 7) is 2.28. The highest BCUT2D eigenvalue weighted by Gasteiger charge is 2.70. The topological polar surface area (TPSA) is 104 Å². The second-order valence-electron chi connectivity index (χ2n) is 8.68. The zero-order valence-corrected chi connectivity index (χ0v) is 18.3. The summed E-state index contributed by atoms with van der Waals surface area (Å²) >= 11 is 0. The lowest BCUT2D eigenvalue weighted by Crippen LogP contribution is -2.42. The van der Waals surface area contributed by atoms with Crippen molar-refractivity contribution >= 4 is 23.5 Å². The van der Waals surface area contributed by atoms with Gasteiger partial charge in [0.05, 0.1) is 38.6 Å². The van der Waals surface area contributed by atoms with E-state index in [0.29, 0.717) is 30.9 Å². The molecule has 3 fully saturated rings. The van der Waals surface area contributed by atoms with Crippen molar-refractivity contribution in [1.82, 2.24) is 4.90 Å². The molecular formula is C23H26N2O7. The van der Waals surface area contributed by atoms with Crippen LogP contribution in [-0.2, 0) is 30.4 Å². The number of ether oxygens (including phenoxy) is 3. The molecule has 2 saturated carbocycles. The maximum Gasteiger partial charge on any atom is 0.356 e. The van der Waals surface area contributed by atoms with E-state index in [2.05, 4.69) is 5.16 Å². The second kappa shape index (κ2) is 7.79. The van der Waals surface area contributed by atoms with Gasteiger partial charge in [0.25, 0.3) is 0 Å². The number of oxime groups is 1. The Kier molecular flexibility index (Phi) is 5.06. The molecule has 2 aliphatic heterocycles. The molecule has 2 amide bonds. The Hall–Kier alpha value is -3.10. The Balaban J connectivity index is 1.31. The van der Waals surface area contributed by atoms with E-state index in [9.17, 15) is 14.4 Å². The summed E-state index contributed by atoms with van der Waals surface area (Å²) in [6, 6.07) is 5.57.